The zero-order valence-electron chi connectivity index (χ0n) is 60.5. The van der Waals surface area contributed by atoms with Gasteiger partial charge in [-0.05, 0) is 147 Å². The van der Waals surface area contributed by atoms with Crippen LogP contribution in [0, 0.1) is 0 Å². The first-order valence-corrected chi connectivity index (χ1v) is 42.8. The van der Waals surface area contributed by atoms with Crippen molar-refractivity contribution in [1.82, 2.24) is 29.9 Å². The molecule has 16 aromatic carbocycles. The van der Waals surface area contributed by atoms with Gasteiger partial charge in [0.1, 0.15) is 0 Å². The van der Waals surface area contributed by atoms with Crippen molar-refractivity contribution in [2.75, 3.05) is 0 Å². The van der Waals surface area contributed by atoms with E-state index in [0.29, 0.717) is 34.9 Å². The van der Waals surface area contributed by atoms with E-state index < -0.39 is 0 Å². The molecule has 24 aromatic rings. The third-order valence-electron chi connectivity index (χ3n) is 22.4. The summed E-state index contributed by atoms with van der Waals surface area (Å²) in [5.74, 6) is 3.79. The van der Waals surface area contributed by atoms with Gasteiger partial charge >= 0.3 is 0 Å². The van der Waals surface area contributed by atoms with Gasteiger partial charge in [0.05, 0.1) is 0 Å². The summed E-state index contributed by atoms with van der Waals surface area (Å²) in [5, 5.41) is 15.1. The lowest BCUT2D eigenvalue weighted by atomic mass is 9.90. The van der Waals surface area contributed by atoms with Gasteiger partial charge in [0, 0.05) is 160 Å². The zero-order chi connectivity index (χ0) is 74.6. The van der Waals surface area contributed by atoms with Gasteiger partial charge in [-0.1, -0.05) is 243 Å². The highest BCUT2D eigenvalue weighted by Crippen LogP contribution is 2.53. The Morgan fingerprint density at radius 2 is 0.491 bits per heavy atom. The van der Waals surface area contributed by atoms with Gasteiger partial charge in [-0.25, -0.2) is 29.9 Å². The highest BCUT2D eigenvalue weighted by Gasteiger charge is 2.25. The van der Waals surface area contributed by atoms with Crippen molar-refractivity contribution < 1.29 is 0 Å². The third-order valence-corrected chi connectivity index (χ3v) is 29.3. The van der Waals surface area contributed by atoms with Gasteiger partial charge in [-0.15, -0.1) is 68.0 Å². The van der Waals surface area contributed by atoms with E-state index in [9.17, 15) is 0 Å². The molecule has 530 valence electrons. The number of rotatable bonds is 11. The first-order chi connectivity index (χ1) is 56.4. The van der Waals surface area contributed by atoms with Crippen molar-refractivity contribution in [3.63, 3.8) is 0 Å². The van der Waals surface area contributed by atoms with E-state index >= 15 is 0 Å². The fraction of sp³-hybridized carbons (Fsp3) is 0. The van der Waals surface area contributed by atoms with Gasteiger partial charge in [0.2, 0.25) is 0 Å². The lowest BCUT2D eigenvalue weighted by molar-refractivity contribution is 1.07. The average Bonchev–Trinajstić information content (AvgIpc) is 1.56. The van der Waals surface area contributed by atoms with Crippen LogP contribution in [0.5, 0.6) is 0 Å². The van der Waals surface area contributed by atoms with Crippen LogP contribution < -0.4 is 0 Å². The molecular weight excluding hydrogens is 1500 g/mol. The number of fused-ring (bicyclic) bond motifs is 18. The maximum Gasteiger partial charge on any atom is 0.164 e. The molecule has 0 aliphatic heterocycles. The van der Waals surface area contributed by atoms with Crippen LogP contribution in [-0.2, 0) is 0 Å². The third kappa shape index (κ3) is 10.8. The van der Waals surface area contributed by atoms with Crippen LogP contribution in [0.1, 0.15) is 0 Å². The van der Waals surface area contributed by atoms with Gasteiger partial charge in [-0.3, -0.25) is 0 Å². The number of nitrogens with zero attached hydrogens (tertiary/aromatic N) is 6. The molecule has 0 spiro atoms. The minimum Gasteiger partial charge on any atom is -0.208 e. The topological polar surface area (TPSA) is 77.3 Å². The number of thiophene rings is 6. The van der Waals surface area contributed by atoms with Crippen LogP contribution in [0.15, 0.2) is 340 Å². The van der Waals surface area contributed by atoms with E-state index in [-0.39, 0.29) is 0 Å². The maximum absolute atomic E-state index is 5.44. The normalized spacial score (nSPS) is 12.0. The van der Waals surface area contributed by atoms with Crippen molar-refractivity contribution in [1.29, 1.82) is 0 Å². The molecule has 0 amide bonds. The van der Waals surface area contributed by atoms with E-state index in [4.69, 9.17) is 29.9 Å². The smallest absolute Gasteiger partial charge is 0.164 e. The first kappa shape index (κ1) is 65.6. The molecule has 0 saturated heterocycles. The molecular formula is C102H56N6S6. The van der Waals surface area contributed by atoms with Gasteiger partial charge in [0.15, 0.2) is 34.9 Å². The molecule has 114 heavy (non-hydrogen) atoms. The Bertz CT molecular complexity index is 8070. The Labute approximate surface area is 676 Å². The molecule has 0 unspecified atom stereocenters. The van der Waals surface area contributed by atoms with E-state index in [0.717, 1.165) is 44.5 Å². The zero-order valence-corrected chi connectivity index (χ0v) is 65.4. The van der Waals surface area contributed by atoms with E-state index in [2.05, 4.69) is 297 Å². The first-order valence-electron chi connectivity index (χ1n) is 37.9. The van der Waals surface area contributed by atoms with Crippen LogP contribution in [0.2, 0.25) is 0 Å². The second kappa shape index (κ2) is 26.2. The maximum atomic E-state index is 5.44. The molecule has 6 nitrogen and oxygen atoms in total. The monoisotopic (exact) mass is 1560 g/mol. The lowest BCUT2D eigenvalue weighted by Gasteiger charge is -2.14. The van der Waals surface area contributed by atoms with E-state index in [1.807, 2.05) is 99.1 Å². The van der Waals surface area contributed by atoms with Crippen LogP contribution in [-0.4, -0.2) is 29.9 Å². The summed E-state index contributed by atoms with van der Waals surface area (Å²) < 4.78 is 15.0. The minimum atomic E-state index is 0.612. The molecule has 0 N–H and O–H groups in total. The Kier molecular flexibility index (Phi) is 15.1. The van der Waals surface area contributed by atoms with Crippen LogP contribution >= 0.6 is 68.0 Å². The number of aromatic nitrogens is 6. The predicted molar refractivity (Wildman–Crippen MR) is 490 cm³/mol. The Morgan fingerprint density at radius 3 is 1.06 bits per heavy atom. The molecule has 8 heterocycles. The number of hydrogen-bond acceptors (Lipinski definition) is 12. The summed E-state index contributed by atoms with van der Waals surface area (Å²) in [4.78, 5) is 31.2. The van der Waals surface area contributed by atoms with Crippen molar-refractivity contribution >= 4 is 189 Å². The van der Waals surface area contributed by atoms with Crippen LogP contribution in [0.4, 0.5) is 0 Å². The number of hydrogen-bond donors (Lipinski definition) is 0. The largest absolute Gasteiger partial charge is 0.208 e. The summed E-state index contributed by atoms with van der Waals surface area (Å²) in [6.45, 7) is 0. The fourth-order valence-corrected chi connectivity index (χ4v) is 24.0. The van der Waals surface area contributed by atoms with Gasteiger partial charge in [0.25, 0.3) is 0 Å². The van der Waals surface area contributed by atoms with Crippen LogP contribution in [0.25, 0.3) is 245 Å². The summed E-state index contributed by atoms with van der Waals surface area (Å²) in [6, 6.07) is 124. The van der Waals surface area contributed by atoms with Gasteiger partial charge in [-0.2, -0.15) is 0 Å². The summed E-state index contributed by atoms with van der Waals surface area (Å²) in [5.41, 5.74) is 17.6. The molecule has 0 fully saturated rings. The highest BCUT2D eigenvalue weighted by atomic mass is 32.1. The summed E-state index contributed by atoms with van der Waals surface area (Å²) >= 11 is 11.1. The number of benzene rings is 16. The Morgan fingerprint density at radius 1 is 0.140 bits per heavy atom. The van der Waals surface area contributed by atoms with E-state index in [1.54, 1.807) is 11.3 Å². The van der Waals surface area contributed by atoms with Crippen molar-refractivity contribution in [2.45, 2.75) is 0 Å². The van der Waals surface area contributed by atoms with Crippen molar-refractivity contribution in [3.8, 4) is 124 Å². The second-order valence-corrected chi connectivity index (χ2v) is 35.5. The predicted octanol–water partition coefficient (Wildman–Crippen LogP) is 30.6. The quantitative estimate of drug-likeness (QED) is 0.128. The molecule has 0 aliphatic carbocycles. The minimum absolute atomic E-state index is 0.612. The van der Waals surface area contributed by atoms with Crippen molar-refractivity contribution in [3.05, 3.63) is 340 Å². The molecule has 0 saturated carbocycles. The second-order valence-electron chi connectivity index (χ2n) is 29.1. The average molecular weight is 1560 g/mol. The molecule has 0 atom stereocenters. The Hall–Kier alpha value is -13.1. The molecule has 8 aromatic heterocycles. The standard InChI is InChI=1S/C102H56N6S6/c1-4-20-57(21-5-1)97-103-98(58-22-6-2-7-23-58)106-101(105-97)64-38-42-71-78-50-61(41-47-87(78)111-89(71)54-64)67-51-79(93-75-30-12-16-35-84(75)112-91(93)56-67)73-45-44-68(96-94(73)76-31-13-17-36-85(76)114-96)62-26-18-27-63(48-62)100-104-99(59-24-8-3-9-25-59)107-102(108-100)65-39-43-70-77-49-60(40-46-86(77)110-90(70)55-65)66-52-80-69-28-10-14-33-82(69)113-95(80)81(53-66)72-32-19-37-88-92(72)74-29-11-15-34-83(74)109-88/h1-56H. The van der Waals surface area contributed by atoms with Crippen LogP contribution in [0.3, 0.4) is 0 Å². The van der Waals surface area contributed by atoms with Gasteiger partial charge < -0.3 is 0 Å². The summed E-state index contributed by atoms with van der Waals surface area (Å²) in [7, 11) is 0. The molecule has 12 heteroatoms. The fourth-order valence-electron chi connectivity index (χ4n) is 17.0. The van der Waals surface area contributed by atoms with Crippen molar-refractivity contribution in [2.24, 2.45) is 0 Å². The Balaban J connectivity index is 0.599. The molecule has 0 radical (unpaired) electrons. The van der Waals surface area contributed by atoms with E-state index in [1.165, 1.54) is 166 Å². The highest BCUT2D eigenvalue weighted by molar-refractivity contribution is 7.28. The lowest BCUT2D eigenvalue weighted by Crippen LogP contribution is -2.00. The SMILES string of the molecule is c1ccc(-c2nc(-c3ccccc3)nc(-c3ccc4c(c3)sc3ccc(-c5cc(-c6ccc(-c7cccc(-c8nc(-c9ccccc9)nc(-c9ccc%10c(c9)sc9ccc(-c%11cc(-c%12cccc%13sc%14ccccc%14c%12%13)c%12sc%13ccccc%13c%12c%11)cc9%10)n8)c7)c7sc8ccccc8c67)c6c(c5)sc5ccccc56)cc34)n2)cc1. The molecule has 0 bridgehead atoms. The summed E-state index contributed by atoms with van der Waals surface area (Å²) in [6.07, 6.45) is 0. The molecule has 0 aliphatic rings. The molecule has 24 rings (SSSR count).